The van der Waals surface area contributed by atoms with Crippen LogP contribution in [0.15, 0.2) is 48.7 Å². The zero-order valence-corrected chi connectivity index (χ0v) is 21.4. The molecule has 0 spiro atoms. The fourth-order valence-corrected chi connectivity index (χ4v) is 3.71. The SMILES string of the molecule is COc1ccnc(C(=O)CC(=O)N(Cc2ccc(Cl)c(Cl)c2)c2cc(Cl)cc(C(=O)N(C)C)c2)n1. The first-order valence-corrected chi connectivity index (χ1v) is 11.4. The van der Waals surface area contributed by atoms with Gasteiger partial charge in [-0.05, 0) is 35.9 Å². The highest BCUT2D eigenvalue weighted by atomic mass is 35.5. The van der Waals surface area contributed by atoms with E-state index in [0.717, 1.165) is 0 Å². The summed E-state index contributed by atoms with van der Waals surface area (Å²) in [4.78, 5) is 49.4. The third kappa shape index (κ3) is 6.69. The van der Waals surface area contributed by atoms with Gasteiger partial charge in [0.05, 0.1) is 30.1 Å². The van der Waals surface area contributed by atoms with Gasteiger partial charge in [0.15, 0.2) is 5.82 Å². The standard InChI is InChI=1S/C24H21Cl3N4O4/c1-30(2)24(34)15-9-16(25)11-17(10-15)31(13-14-4-5-18(26)19(27)8-14)22(33)12-20(32)23-28-7-6-21(29-23)35-3/h4-11H,12-13H2,1-3H3. The number of Topliss-reactive ketones (excluding diaryl/α,β-unsaturated/α-hetero) is 1. The highest BCUT2D eigenvalue weighted by Crippen LogP contribution is 2.28. The van der Waals surface area contributed by atoms with Crippen molar-refractivity contribution >= 4 is 58.1 Å². The lowest BCUT2D eigenvalue weighted by atomic mass is 10.1. The number of ether oxygens (including phenoxy) is 1. The number of hydrogen-bond acceptors (Lipinski definition) is 6. The maximum absolute atomic E-state index is 13.4. The molecule has 0 aliphatic carbocycles. The second kappa shape index (κ2) is 11.5. The highest BCUT2D eigenvalue weighted by molar-refractivity contribution is 6.42. The van der Waals surface area contributed by atoms with Gasteiger partial charge in [0.25, 0.3) is 5.91 Å². The fourth-order valence-electron chi connectivity index (χ4n) is 3.16. The lowest BCUT2D eigenvalue weighted by molar-refractivity contribution is -0.117. The van der Waals surface area contributed by atoms with Gasteiger partial charge in [0.1, 0.15) is 0 Å². The number of rotatable bonds is 8. The van der Waals surface area contributed by atoms with Gasteiger partial charge in [-0.2, -0.15) is 4.98 Å². The zero-order valence-electron chi connectivity index (χ0n) is 19.1. The molecule has 11 heteroatoms. The molecule has 0 saturated heterocycles. The van der Waals surface area contributed by atoms with E-state index in [4.69, 9.17) is 39.5 Å². The first kappa shape index (κ1) is 26.4. The van der Waals surface area contributed by atoms with E-state index in [1.807, 2.05) is 0 Å². The van der Waals surface area contributed by atoms with E-state index in [0.29, 0.717) is 21.3 Å². The van der Waals surface area contributed by atoms with Gasteiger partial charge in [-0.15, -0.1) is 0 Å². The molecule has 35 heavy (non-hydrogen) atoms. The normalized spacial score (nSPS) is 10.6. The molecule has 0 fully saturated rings. The summed E-state index contributed by atoms with van der Waals surface area (Å²) in [5.41, 5.74) is 1.27. The second-order valence-corrected chi connectivity index (χ2v) is 8.90. The Hall–Kier alpha value is -3.20. The maximum Gasteiger partial charge on any atom is 0.253 e. The van der Waals surface area contributed by atoms with Crippen LogP contribution >= 0.6 is 34.8 Å². The molecule has 0 bridgehead atoms. The minimum absolute atomic E-state index is 0.0396. The van der Waals surface area contributed by atoms with E-state index < -0.39 is 18.1 Å². The van der Waals surface area contributed by atoms with Gasteiger partial charge in [0.2, 0.25) is 17.6 Å². The summed E-state index contributed by atoms with van der Waals surface area (Å²) < 4.78 is 5.02. The van der Waals surface area contributed by atoms with Crippen LogP contribution < -0.4 is 9.64 Å². The van der Waals surface area contributed by atoms with Crippen LogP contribution in [0.5, 0.6) is 5.88 Å². The number of anilines is 1. The van der Waals surface area contributed by atoms with E-state index in [-0.39, 0.29) is 34.7 Å². The summed E-state index contributed by atoms with van der Waals surface area (Å²) in [5, 5.41) is 0.925. The van der Waals surface area contributed by atoms with E-state index in [9.17, 15) is 14.4 Å². The van der Waals surface area contributed by atoms with Crippen molar-refractivity contribution in [1.82, 2.24) is 14.9 Å². The summed E-state index contributed by atoms with van der Waals surface area (Å²) in [5.74, 6) is -1.40. The number of amides is 2. The monoisotopic (exact) mass is 534 g/mol. The molecule has 1 aromatic heterocycles. The molecule has 0 aliphatic rings. The first-order chi connectivity index (χ1) is 16.6. The third-order valence-electron chi connectivity index (χ3n) is 4.87. The molecule has 1 heterocycles. The highest BCUT2D eigenvalue weighted by Gasteiger charge is 2.24. The van der Waals surface area contributed by atoms with Crippen molar-refractivity contribution in [3.8, 4) is 5.88 Å². The predicted octanol–water partition coefficient (Wildman–Crippen LogP) is 4.95. The van der Waals surface area contributed by atoms with Gasteiger partial charge >= 0.3 is 0 Å². The van der Waals surface area contributed by atoms with Crippen molar-refractivity contribution in [3.05, 3.63) is 80.7 Å². The Bertz CT molecular complexity index is 1280. The summed E-state index contributed by atoms with van der Waals surface area (Å²) in [6, 6.07) is 11.0. The maximum atomic E-state index is 13.4. The molecule has 0 atom stereocenters. The fraction of sp³-hybridized carbons (Fsp3) is 0.208. The van der Waals surface area contributed by atoms with Gasteiger partial charge in [0, 0.05) is 42.6 Å². The number of methoxy groups -OCH3 is 1. The lowest BCUT2D eigenvalue weighted by Gasteiger charge is -2.24. The van der Waals surface area contributed by atoms with Gasteiger partial charge in [-0.25, -0.2) is 4.98 Å². The number of ketones is 1. The predicted molar refractivity (Wildman–Crippen MR) is 135 cm³/mol. The van der Waals surface area contributed by atoms with Crippen LogP contribution in [0.1, 0.15) is 33.0 Å². The topological polar surface area (TPSA) is 92.7 Å². The number of aromatic nitrogens is 2. The van der Waals surface area contributed by atoms with Crippen molar-refractivity contribution in [3.63, 3.8) is 0 Å². The van der Waals surface area contributed by atoms with Gasteiger partial charge < -0.3 is 14.5 Å². The Kier molecular flexibility index (Phi) is 8.67. The van der Waals surface area contributed by atoms with Crippen LogP contribution in [-0.2, 0) is 11.3 Å². The van der Waals surface area contributed by atoms with Crippen LogP contribution in [0.25, 0.3) is 0 Å². The van der Waals surface area contributed by atoms with Crippen molar-refractivity contribution < 1.29 is 19.1 Å². The number of benzene rings is 2. The Balaban J connectivity index is 1.99. The molecule has 3 aromatic rings. The molecule has 0 unspecified atom stereocenters. The smallest absolute Gasteiger partial charge is 0.253 e. The first-order valence-electron chi connectivity index (χ1n) is 10.3. The lowest BCUT2D eigenvalue weighted by Crippen LogP contribution is -2.33. The Morgan fingerprint density at radius 2 is 1.71 bits per heavy atom. The summed E-state index contributed by atoms with van der Waals surface area (Å²) in [6.07, 6.45) is 0.838. The average Bonchev–Trinajstić information content (AvgIpc) is 2.83. The minimum Gasteiger partial charge on any atom is -0.481 e. The molecule has 0 aliphatic heterocycles. The summed E-state index contributed by atoms with van der Waals surface area (Å²) in [6.45, 7) is 0.0396. The van der Waals surface area contributed by atoms with Crippen LogP contribution in [-0.4, -0.2) is 53.7 Å². The van der Waals surface area contributed by atoms with E-state index >= 15 is 0 Å². The average molecular weight is 536 g/mol. The van der Waals surface area contributed by atoms with Crippen molar-refractivity contribution in [1.29, 1.82) is 0 Å². The quantitative estimate of drug-likeness (QED) is 0.299. The van der Waals surface area contributed by atoms with E-state index in [1.165, 1.54) is 47.4 Å². The number of carbonyl (C=O) groups excluding carboxylic acids is 3. The van der Waals surface area contributed by atoms with Crippen molar-refractivity contribution in [2.45, 2.75) is 13.0 Å². The van der Waals surface area contributed by atoms with Gasteiger partial charge in [-0.3, -0.25) is 14.4 Å². The Labute approximate surface area is 217 Å². The molecule has 182 valence electrons. The largest absolute Gasteiger partial charge is 0.481 e. The number of halogens is 3. The zero-order chi connectivity index (χ0) is 25.7. The van der Waals surface area contributed by atoms with Crippen LogP contribution in [0.2, 0.25) is 15.1 Å². The molecule has 0 radical (unpaired) electrons. The van der Waals surface area contributed by atoms with Crippen LogP contribution in [0.4, 0.5) is 5.69 Å². The van der Waals surface area contributed by atoms with E-state index in [1.54, 1.807) is 32.3 Å². The molecule has 0 saturated carbocycles. The molecular formula is C24H21Cl3N4O4. The molecule has 2 aromatic carbocycles. The molecule has 3 rings (SSSR count). The Morgan fingerprint density at radius 1 is 0.971 bits per heavy atom. The second-order valence-electron chi connectivity index (χ2n) is 7.65. The number of carbonyl (C=O) groups is 3. The minimum atomic E-state index is -0.598. The molecule has 8 nitrogen and oxygen atoms in total. The van der Waals surface area contributed by atoms with Crippen molar-refractivity contribution in [2.75, 3.05) is 26.1 Å². The molecule has 2 amide bonds. The third-order valence-corrected chi connectivity index (χ3v) is 5.83. The van der Waals surface area contributed by atoms with Gasteiger partial charge in [-0.1, -0.05) is 40.9 Å². The van der Waals surface area contributed by atoms with Crippen molar-refractivity contribution in [2.24, 2.45) is 0 Å². The summed E-state index contributed by atoms with van der Waals surface area (Å²) in [7, 11) is 4.62. The van der Waals surface area contributed by atoms with E-state index in [2.05, 4.69) is 9.97 Å². The van der Waals surface area contributed by atoms with Crippen LogP contribution in [0.3, 0.4) is 0 Å². The molecule has 0 N–H and O–H groups in total. The number of nitrogens with zero attached hydrogens (tertiary/aromatic N) is 4. The number of hydrogen-bond donors (Lipinski definition) is 0. The molecular weight excluding hydrogens is 515 g/mol. The van der Waals surface area contributed by atoms with Crippen LogP contribution in [0, 0.1) is 0 Å². The Morgan fingerprint density at radius 3 is 2.37 bits per heavy atom. The summed E-state index contributed by atoms with van der Waals surface area (Å²) >= 11 is 18.5.